The molecule has 0 atom stereocenters. The number of ether oxygens (including phenoxy) is 1. The van der Waals surface area contributed by atoms with Gasteiger partial charge in [0.15, 0.2) is 0 Å². The molecule has 0 saturated heterocycles. The number of phenolic OH excluding ortho intramolecular Hbond substituents is 1. The maximum atomic E-state index is 13.0. The summed E-state index contributed by atoms with van der Waals surface area (Å²) in [5.74, 6) is -3.69. The zero-order chi connectivity index (χ0) is 15.6. The van der Waals surface area contributed by atoms with Crippen LogP contribution >= 0.6 is 0 Å². The highest BCUT2D eigenvalue weighted by Gasteiger charge is 2.19. The van der Waals surface area contributed by atoms with Crippen molar-refractivity contribution in [1.29, 1.82) is 0 Å². The van der Waals surface area contributed by atoms with E-state index in [2.05, 4.69) is 0 Å². The Bertz CT molecular complexity index is 724. The highest BCUT2D eigenvalue weighted by molar-refractivity contribution is 5.97. The number of aromatic carboxylic acids is 1. The number of carboxylic acids is 1. The molecule has 0 unspecified atom stereocenters. The molecule has 6 heteroatoms. The van der Waals surface area contributed by atoms with Crippen LogP contribution in [-0.4, -0.2) is 22.2 Å². The number of carbonyl (C=O) groups excluding carboxylic acids is 1. The fourth-order valence-electron chi connectivity index (χ4n) is 1.73. The second-order valence-electron chi connectivity index (χ2n) is 4.36. The number of esters is 1. The lowest BCUT2D eigenvalue weighted by molar-refractivity contribution is 0.0680. The van der Waals surface area contributed by atoms with Crippen LogP contribution in [0.25, 0.3) is 0 Å². The molecule has 0 fully saturated rings. The first kappa shape index (κ1) is 14.5. The molecule has 2 aromatic rings. The third-order valence-corrected chi connectivity index (χ3v) is 2.75. The van der Waals surface area contributed by atoms with Crippen molar-refractivity contribution in [3.8, 4) is 11.5 Å². The zero-order valence-corrected chi connectivity index (χ0v) is 11.0. The van der Waals surface area contributed by atoms with Gasteiger partial charge in [0.1, 0.15) is 28.4 Å². The quantitative estimate of drug-likeness (QED) is 0.670. The van der Waals surface area contributed by atoms with Gasteiger partial charge in [-0.2, -0.15) is 0 Å². The molecule has 0 bridgehead atoms. The Hall–Kier alpha value is -2.89. The van der Waals surface area contributed by atoms with E-state index in [9.17, 15) is 19.1 Å². The van der Waals surface area contributed by atoms with Crippen LogP contribution in [0.1, 0.15) is 26.3 Å². The molecular formula is C15H11FO5. The number of carbonyl (C=O) groups is 2. The molecular weight excluding hydrogens is 279 g/mol. The standard InChI is InChI=1S/C15H11FO5/c1-8-2-4-12(17)10(6-8)15(20)21-13-5-3-9(16)7-11(13)14(18)19/h2-7,17H,1H3,(H,18,19). The molecule has 2 N–H and O–H groups in total. The number of hydrogen-bond donors (Lipinski definition) is 2. The van der Waals surface area contributed by atoms with E-state index >= 15 is 0 Å². The van der Waals surface area contributed by atoms with Crippen molar-refractivity contribution in [3.63, 3.8) is 0 Å². The third-order valence-electron chi connectivity index (χ3n) is 2.75. The number of rotatable bonds is 3. The summed E-state index contributed by atoms with van der Waals surface area (Å²) in [6.45, 7) is 1.72. The summed E-state index contributed by atoms with van der Waals surface area (Å²) >= 11 is 0. The Morgan fingerprint density at radius 1 is 1.10 bits per heavy atom. The molecule has 0 aromatic heterocycles. The summed E-state index contributed by atoms with van der Waals surface area (Å²) in [6, 6.07) is 7.11. The monoisotopic (exact) mass is 290 g/mol. The van der Waals surface area contributed by atoms with Gasteiger partial charge in [0.25, 0.3) is 0 Å². The van der Waals surface area contributed by atoms with E-state index in [0.29, 0.717) is 0 Å². The first-order valence-electron chi connectivity index (χ1n) is 5.93. The molecule has 0 radical (unpaired) electrons. The van der Waals surface area contributed by atoms with Crippen molar-refractivity contribution in [3.05, 3.63) is 58.9 Å². The lowest BCUT2D eigenvalue weighted by Gasteiger charge is -2.09. The number of benzene rings is 2. The maximum Gasteiger partial charge on any atom is 0.347 e. The molecule has 2 aromatic carbocycles. The van der Waals surface area contributed by atoms with Crippen molar-refractivity contribution in [1.82, 2.24) is 0 Å². The Morgan fingerprint density at radius 3 is 2.48 bits per heavy atom. The molecule has 0 spiro atoms. The van der Waals surface area contributed by atoms with Gasteiger partial charge in [0.05, 0.1) is 0 Å². The van der Waals surface area contributed by atoms with Crippen LogP contribution in [0.15, 0.2) is 36.4 Å². The minimum atomic E-state index is -1.43. The molecule has 0 aliphatic carbocycles. The normalized spacial score (nSPS) is 10.2. The average Bonchev–Trinajstić information content (AvgIpc) is 2.43. The molecule has 0 aliphatic rings. The van der Waals surface area contributed by atoms with Gasteiger partial charge in [-0.25, -0.2) is 14.0 Å². The van der Waals surface area contributed by atoms with Crippen LogP contribution in [0.3, 0.4) is 0 Å². The van der Waals surface area contributed by atoms with E-state index in [1.165, 1.54) is 12.1 Å². The number of aryl methyl sites for hydroxylation is 1. The van der Waals surface area contributed by atoms with Gasteiger partial charge in [-0.1, -0.05) is 11.6 Å². The second kappa shape index (κ2) is 5.62. The van der Waals surface area contributed by atoms with Crippen LogP contribution < -0.4 is 4.74 Å². The molecule has 0 aliphatic heterocycles. The van der Waals surface area contributed by atoms with E-state index in [1.54, 1.807) is 13.0 Å². The van der Waals surface area contributed by atoms with Gasteiger partial charge >= 0.3 is 11.9 Å². The lowest BCUT2D eigenvalue weighted by atomic mass is 10.1. The predicted octanol–water partition coefficient (Wildman–Crippen LogP) is 2.76. The SMILES string of the molecule is Cc1ccc(O)c(C(=O)Oc2ccc(F)cc2C(=O)O)c1. The summed E-state index contributed by atoms with van der Waals surface area (Å²) < 4.78 is 18.0. The van der Waals surface area contributed by atoms with Gasteiger partial charge < -0.3 is 14.9 Å². The van der Waals surface area contributed by atoms with Gasteiger partial charge in [-0.05, 0) is 37.3 Å². The number of carboxylic acid groups (broad SMARTS) is 1. The largest absolute Gasteiger partial charge is 0.507 e. The Morgan fingerprint density at radius 2 is 1.81 bits per heavy atom. The van der Waals surface area contributed by atoms with Gasteiger partial charge in [0.2, 0.25) is 0 Å². The molecule has 5 nitrogen and oxygen atoms in total. The summed E-state index contributed by atoms with van der Waals surface area (Å²) in [5, 5.41) is 18.6. The average molecular weight is 290 g/mol. The lowest BCUT2D eigenvalue weighted by Crippen LogP contribution is -2.12. The highest BCUT2D eigenvalue weighted by Crippen LogP contribution is 2.24. The van der Waals surface area contributed by atoms with Gasteiger partial charge in [-0.15, -0.1) is 0 Å². The summed E-state index contributed by atoms with van der Waals surface area (Å²) in [6.07, 6.45) is 0. The smallest absolute Gasteiger partial charge is 0.347 e. The number of halogens is 1. The van der Waals surface area contributed by atoms with Crippen molar-refractivity contribution < 1.29 is 28.9 Å². The third kappa shape index (κ3) is 3.17. The predicted molar refractivity (Wildman–Crippen MR) is 71.2 cm³/mol. The summed E-state index contributed by atoms with van der Waals surface area (Å²) in [5.41, 5.74) is 0.142. The maximum absolute atomic E-state index is 13.0. The van der Waals surface area contributed by atoms with Crippen LogP contribution in [0, 0.1) is 12.7 Å². The van der Waals surface area contributed by atoms with Crippen LogP contribution in [0.4, 0.5) is 4.39 Å². The van der Waals surface area contributed by atoms with Gasteiger partial charge in [-0.3, -0.25) is 0 Å². The molecule has 2 rings (SSSR count). The zero-order valence-electron chi connectivity index (χ0n) is 11.0. The number of aromatic hydroxyl groups is 1. The van der Waals surface area contributed by atoms with Crippen LogP contribution in [0.2, 0.25) is 0 Å². The molecule has 0 saturated carbocycles. The van der Waals surface area contributed by atoms with Crippen molar-refractivity contribution >= 4 is 11.9 Å². The summed E-state index contributed by atoms with van der Waals surface area (Å²) in [4.78, 5) is 23.0. The Labute approximate surface area is 119 Å². The second-order valence-corrected chi connectivity index (χ2v) is 4.36. The highest BCUT2D eigenvalue weighted by atomic mass is 19.1. The fraction of sp³-hybridized carbons (Fsp3) is 0.0667. The molecule has 108 valence electrons. The summed E-state index contributed by atoms with van der Waals surface area (Å²) in [7, 11) is 0. The minimum Gasteiger partial charge on any atom is -0.507 e. The van der Waals surface area contributed by atoms with Crippen molar-refractivity contribution in [2.45, 2.75) is 6.92 Å². The first-order valence-corrected chi connectivity index (χ1v) is 5.93. The molecule has 0 amide bonds. The van der Waals surface area contributed by atoms with E-state index in [4.69, 9.17) is 9.84 Å². The topological polar surface area (TPSA) is 83.8 Å². The van der Waals surface area contributed by atoms with Crippen LogP contribution in [0.5, 0.6) is 11.5 Å². The fourth-order valence-corrected chi connectivity index (χ4v) is 1.73. The first-order chi connectivity index (χ1) is 9.88. The van der Waals surface area contributed by atoms with Crippen molar-refractivity contribution in [2.24, 2.45) is 0 Å². The van der Waals surface area contributed by atoms with Crippen LogP contribution in [-0.2, 0) is 0 Å². The number of hydrogen-bond acceptors (Lipinski definition) is 4. The van der Waals surface area contributed by atoms with Gasteiger partial charge in [0, 0.05) is 0 Å². The number of phenols is 1. The van der Waals surface area contributed by atoms with E-state index in [0.717, 1.165) is 23.8 Å². The van der Waals surface area contributed by atoms with E-state index < -0.39 is 23.3 Å². The van der Waals surface area contributed by atoms with Crippen molar-refractivity contribution in [2.75, 3.05) is 0 Å². The van der Waals surface area contributed by atoms with E-state index in [-0.39, 0.29) is 17.1 Å². The Kier molecular flexibility index (Phi) is 3.89. The molecule has 21 heavy (non-hydrogen) atoms. The minimum absolute atomic E-state index is 0.101. The Balaban J connectivity index is 2.36. The molecule has 0 heterocycles. The van der Waals surface area contributed by atoms with E-state index in [1.807, 2.05) is 0 Å².